The van der Waals surface area contributed by atoms with Crippen molar-refractivity contribution in [3.63, 3.8) is 0 Å². The van der Waals surface area contributed by atoms with Crippen molar-refractivity contribution in [3.8, 4) is 6.07 Å². The van der Waals surface area contributed by atoms with Gasteiger partial charge in [0.25, 0.3) is 0 Å². The van der Waals surface area contributed by atoms with Crippen LogP contribution in [0, 0.1) is 21.4 Å². The van der Waals surface area contributed by atoms with Crippen LogP contribution >= 0.6 is 0 Å². The lowest BCUT2D eigenvalue weighted by atomic mass is 10.1. The Morgan fingerprint density at radius 3 is 2.68 bits per heavy atom. The molecule has 1 aliphatic carbocycles. The number of nitriles is 1. The Hall–Kier alpha value is -2.20. The number of hydrogen-bond acceptors (Lipinski definition) is 6. The molecule has 0 saturated heterocycles. The summed E-state index contributed by atoms with van der Waals surface area (Å²) < 4.78 is 0. The van der Waals surface area contributed by atoms with Crippen molar-refractivity contribution in [2.45, 2.75) is 44.6 Å². The monoisotopic (exact) mass is 303 g/mol. The maximum Gasteiger partial charge on any atom is 0.328 e. The van der Waals surface area contributed by atoms with Crippen molar-refractivity contribution < 1.29 is 4.92 Å². The van der Waals surface area contributed by atoms with Gasteiger partial charge >= 0.3 is 5.69 Å². The van der Waals surface area contributed by atoms with Gasteiger partial charge in [0, 0.05) is 25.3 Å². The summed E-state index contributed by atoms with van der Waals surface area (Å²) in [4.78, 5) is 14.5. The molecule has 0 amide bonds. The maximum atomic E-state index is 11.1. The molecule has 0 bridgehead atoms. The highest BCUT2D eigenvalue weighted by Crippen LogP contribution is 2.25. The van der Waals surface area contributed by atoms with Crippen molar-refractivity contribution >= 4 is 11.5 Å². The SMILES string of the molecule is N#Cc1ccnc(NCCNC2CCCCCC2)c1[N+](=O)[O-]. The molecule has 0 aliphatic heterocycles. The zero-order valence-electron chi connectivity index (χ0n) is 12.5. The molecule has 1 heterocycles. The fourth-order valence-electron chi connectivity index (χ4n) is 2.80. The summed E-state index contributed by atoms with van der Waals surface area (Å²) in [6.07, 6.45) is 8.96. The molecule has 0 aromatic carbocycles. The average Bonchev–Trinajstić information content (AvgIpc) is 2.79. The van der Waals surface area contributed by atoms with Crippen LogP contribution in [0.5, 0.6) is 0 Å². The van der Waals surface area contributed by atoms with E-state index in [4.69, 9.17) is 5.26 Å². The zero-order chi connectivity index (χ0) is 15.8. The van der Waals surface area contributed by atoms with Crippen LogP contribution in [0.4, 0.5) is 11.5 Å². The van der Waals surface area contributed by atoms with Gasteiger partial charge in [-0.3, -0.25) is 10.1 Å². The van der Waals surface area contributed by atoms with Crippen LogP contribution in [0.2, 0.25) is 0 Å². The Morgan fingerprint density at radius 2 is 2.05 bits per heavy atom. The molecule has 22 heavy (non-hydrogen) atoms. The smallest absolute Gasteiger partial charge is 0.328 e. The van der Waals surface area contributed by atoms with Gasteiger partial charge in [-0.15, -0.1) is 0 Å². The van der Waals surface area contributed by atoms with E-state index >= 15 is 0 Å². The number of anilines is 1. The number of pyridine rings is 1. The number of hydrogen-bond donors (Lipinski definition) is 2. The van der Waals surface area contributed by atoms with E-state index < -0.39 is 4.92 Å². The number of rotatable bonds is 6. The largest absolute Gasteiger partial charge is 0.363 e. The van der Waals surface area contributed by atoms with Crippen molar-refractivity contribution in [2.75, 3.05) is 18.4 Å². The first-order valence-electron chi connectivity index (χ1n) is 7.73. The lowest BCUT2D eigenvalue weighted by Crippen LogP contribution is -2.32. The summed E-state index contributed by atoms with van der Waals surface area (Å²) in [5.41, 5.74) is -0.223. The lowest BCUT2D eigenvalue weighted by Gasteiger charge is -2.16. The first kappa shape index (κ1) is 16.2. The minimum absolute atomic E-state index is 0.0271. The average molecular weight is 303 g/mol. The molecule has 1 fully saturated rings. The Balaban J connectivity index is 1.86. The Morgan fingerprint density at radius 1 is 1.32 bits per heavy atom. The van der Waals surface area contributed by atoms with Crippen molar-refractivity contribution in [2.24, 2.45) is 0 Å². The normalized spacial score (nSPS) is 15.8. The predicted molar refractivity (Wildman–Crippen MR) is 83.6 cm³/mol. The first-order valence-corrected chi connectivity index (χ1v) is 7.73. The third-order valence-corrected chi connectivity index (χ3v) is 3.93. The highest BCUT2D eigenvalue weighted by atomic mass is 16.6. The van der Waals surface area contributed by atoms with Gasteiger partial charge in [-0.2, -0.15) is 5.26 Å². The topological polar surface area (TPSA) is 104 Å². The fraction of sp³-hybridized carbons (Fsp3) is 0.600. The van der Waals surface area contributed by atoms with E-state index in [0.29, 0.717) is 12.6 Å². The van der Waals surface area contributed by atoms with Crippen LogP contribution in [-0.4, -0.2) is 29.0 Å². The van der Waals surface area contributed by atoms with Crippen LogP contribution < -0.4 is 10.6 Å². The molecule has 1 aliphatic rings. The van der Waals surface area contributed by atoms with E-state index in [1.165, 1.54) is 50.8 Å². The number of nitrogens with one attached hydrogen (secondary N) is 2. The van der Waals surface area contributed by atoms with E-state index in [9.17, 15) is 10.1 Å². The third-order valence-electron chi connectivity index (χ3n) is 3.93. The highest BCUT2D eigenvalue weighted by Gasteiger charge is 2.20. The molecular formula is C15H21N5O2. The maximum absolute atomic E-state index is 11.1. The molecule has 1 aromatic heterocycles. The van der Waals surface area contributed by atoms with Gasteiger partial charge in [-0.05, 0) is 18.9 Å². The Kier molecular flexibility index (Phi) is 6.10. The standard InChI is InChI=1S/C15H21N5O2/c16-11-12-7-8-18-15(14(12)20(21)22)19-10-9-17-13-5-3-1-2-4-6-13/h7-8,13,17H,1-6,9-10H2,(H,18,19). The molecule has 1 aromatic rings. The zero-order valence-corrected chi connectivity index (χ0v) is 12.5. The van der Waals surface area contributed by atoms with Crippen molar-refractivity contribution in [3.05, 3.63) is 27.9 Å². The minimum atomic E-state index is -0.563. The molecule has 2 rings (SSSR count). The molecule has 7 nitrogen and oxygen atoms in total. The number of aromatic nitrogens is 1. The summed E-state index contributed by atoms with van der Waals surface area (Å²) in [6, 6.07) is 3.72. The van der Waals surface area contributed by atoms with Gasteiger partial charge in [0.2, 0.25) is 5.82 Å². The molecule has 0 unspecified atom stereocenters. The van der Waals surface area contributed by atoms with Crippen molar-refractivity contribution in [1.29, 1.82) is 5.26 Å². The summed E-state index contributed by atoms with van der Waals surface area (Å²) in [6.45, 7) is 1.26. The van der Waals surface area contributed by atoms with Crippen LogP contribution in [0.3, 0.4) is 0 Å². The summed E-state index contributed by atoms with van der Waals surface area (Å²) in [5.74, 6) is 0.159. The van der Waals surface area contributed by atoms with E-state index in [-0.39, 0.29) is 17.1 Å². The molecule has 0 atom stereocenters. The molecule has 0 spiro atoms. The van der Waals surface area contributed by atoms with Gasteiger partial charge in [0.05, 0.1) is 4.92 Å². The molecule has 118 valence electrons. The van der Waals surface area contributed by atoms with Crippen LogP contribution in [-0.2, 0) is 0 Å². The summed E-state index contributed by atoms with van der Waals surface area (Å²) >= 11 is 0. The second kappa shape index (κ2) is 8.29. The Labute approximate surface area is 129 Å². The van der Waals surface area contributed by atoms with Crippen LogP contribution in [0.1, 0.15) is 44.1 Å². The first-order chi connectivity index (χ1) is 10.7. The summed E-state index contributed by atoms with van der Waals surface area (Å²) in [7, 11) is 0. The molecule has 1 saturated carbocycles. The van der Waals surface area contributed by atoms with E-state index in [0.717, 1.165) is 6.54 Å². The minimum Gasteiger partial charge on any atom is -0.363 e. The fourth-order valence-corrected chi connectivity index (χ4v) is 2.80. The predicted octanol–water partition coefficient (Wildman–Crippen LogP) is 2.59. The third kappa shape index (κ3) is 4.40. The van der Waals surface area contributed by atoms with Gasteiger partial charge in [-0.25, -0.2) is 4.98 Å². The van der Waals surface area contributed by atoms with Crippen LogP contribution in [0.25, 0.3) is 0 Å². The highest BCUT2D eigenvalue weighted by molar-refractivity contribution is 5.63. The summed E-state index contributed by atoms with van der Waals surface area (Å²) in [5, 5.41) is 26.5. The molecular weight excluding hydrogens is 282 g/mol. The van der Waals surface area contributed by atoms with Gasteiger partial charge < -0.3 is 10.6 Å². The van der Waals surface area contributed by atoms with Crippen LogP contribution in [0.15, 0.2) is 12.3 Å². The number of nitro groups is 1. The second-order valence-corrected chi connectivity index (χ2v) is 5.49. The second-order valence-electron chi connectivity index (χ2n) is 5.49. The van der Waals surface area contributed by atoms with Crippen molar-refractivity contribution in [1.82, 2.24) is 10.3 Å². The van der Waals surface area contributed by atoms with Gasteiger partial charge in [-0.1, -0.05) is 25.7 Å². The van der Waals surface area contributed by atoms with E-state index in [1.54, 1.807) is 0 Å². The molecule has 7 heteroatoms. The van der Waals surface area contributed by atoms with E-state index in [2.05, 4.69) is 15.6 Å². The molecule has 2 N–H and O–H groups in total. The Bertz CT molecular complexity index is 547. The lowest BCUT2D eigenvalue weighted by molar-refractivity contribution is -0.384. The molecule has 0 radical (unpaired) electrons. The van der Waals surface area contributed by atoms with Gasteiger partial charge in [0.15, 0.2) is 0 Å². The van der Waals surface area contributed by atoms with Gasteiger partial charge in [0.1, 0.15) is 11.6 Å². The quantitative estimate of drug-likeness (QED) is 0.362. The number of nitrogens with zero attached hydrogens (tertiary/aromatic N) is 3. The van der Waals surface area contributed by atoms with E-state index in [1.807, 2.05) is 6.07 Å².